The van der Waals surface area contributed by atoms with E-state index >= 15 is 0 Å². The van der Waals surface area contributed by atoms with E-state index in [0.717, 1.165) is 0 Å². The maximum atomic E-state index is 12.9. The van der Waals surface area contributed by atoms with Crippen molar-refractivity contribution in [3.05, 3.63) is 62.5 Å². The molecule has 1 heterocycles. The highest BCUT2D eigenvalue weighted by molar-refractivity contribution is 6.18. The van der Waals surface area contributed by atoms with Crippen molar-refractivity contribution in [2.45, 2.75) is 19.8 Å². The van der Waals surface area contributed by atoms with Crippen molar-refractivity contribution in [3.63, 3.8) is 0 Å². The predicted molar refractivity (Wildman–Crippen MR) is 109 cm³/mol. The molecule has 30 heavy (non-hydrogen) atoms. The van der Waals surface area contributed by atoms with Crippen LogP contribution in [0.15, 0.2) is 46.8 Å². The standard InChI is InChI=1S/C20H23ClN2O7/c1-12-16(19(24)29-8-7-21)18(14-5-4-6-15(11-14)23(26)27)17(13(2)22-12)20(25)30-10-9-28-3/h4-6,11,18,22H,7-10H2,1-3H3. The van der Waals surface area contributed by atoms with Gasteiger partial charge in [-0.05, 0) is 19.4 Å². The molecule has 2 rings (SSSR count). The van der Waals surface area contributed by atoms with Gasteiger partial charge in [0.25, 0.3) is 5.69 Å². The zero-order valence-corrected chi connectivity index (χ0v) is 17.7. The molecule has 0 amide bonds. The molecule has 1 aromatic carbocycles. The van der Waals surface area contributed by atoms with Crippen LogP contribution >= 0.6 is 11.6 Å². The number of nitrogens with zero attached hydrogens (tertiary/aromatic N) is 1. The number of carbonyl (C=O) groups excluding carboxylic acids is 2. The number of benzene rings is 1. The number of carbonyl (C=O) groups is 2. The van der Waals surface area contributed by atoms with E-state index in [1.165, 1.54) is 25.3 Å². The Hall–Kier alpha value is -2.91. The molecule has 0 bridgehead atoms. The van der Waals surface area contributed by atoms with Crippen LogP contribution in [0.2, 0.25) is 0 Å². The van der Waals surface area contributed by atoms with Crippen LogP contribution in [-0.2, 0) is 23.8 Å². The third-order valence-corrected chi connectivity index (χ3v) is 4.60. The van der Waals surface area contributed by atoms with Gasteiger partial charge in [0.1, 0.15) is 13.2 Å². The molecule has 0 aromatic heterocycles. The first-order chi connectivity index (χ1) is 14.3. The minimum Gasteiger partial charge on any atom is -0.461 e. The van der Waals surface area contributed by atoms with Crippen molar-refractivity contribution in [1.82, 2.24) is 5.32 Å². The lowest BCUT2D eigenvalue weighted by Gasteiger charge is -2.30. The van der Waals surface area contributed by atoms with Gasteiger partial charge in [-0.15, -0.1) is 11.6 Å². The minimum atomic E-state index is -0.913. The lowest BCUT2D eigenvalue weighted by Crippen LogP contribution is -2.33. The van der Waals surface area contributed by atoms with Gasteiger partial charge in [0, 0.05) is 30.6 Å². The second-order valence-electron chi connectivity index (χ2n) is 6.44. The molecular weight excluding hydrogens is 416 g/mol. The molecule has 9 nitrogen and oxygen atoms in total. The second-order valence-corrected chi connectivity index (χ2v) is 6.82. The number of non-ortho nitro benzene ring substituents is 1. The summed E-state index contributed by atoms with van der Waals surface area (Å²) in [6.45, 7) is 3.53. The van der Waals surface area contributed by atoms with Crippen LogP contribution in [0.3, 0.4) is 0 Å². The molecule has 0 aliphatic carbocycles. The fraction of sp³-hybridized carbons (Fsp3) is 0.400. The number of esters is 2. The molecule has 1 unspecified atom stereocenters. The number of nitrogens with one attached hydrogen (secondary N) is 1. The number of methoxy groups -OCH3 is 1. The van der Waals surface area contributed by atoms with Gasteiger partial charge < -0.3 is 19.5 Å². The maximum Gasteiger partial charge on any atom is 0.336 e. The lowest BCUT2D eigenvalue weighted by atomic mass is 9.80. The van der Waals surface area contributed by atoms with Crippen LogP contribution in [0, 0.1) is 10.1 Å². The van der Waals surface area contributed by atoms with Crippen LogP contribution < -0.4 is 5.32 Å². The van der Waals surface area contributed by atoms with Gasteiger partial charge in [0.05, 0.1) is 34.5 Å². The highest BCUT2D eigenvalue weighted by Gasteiger charge is 2.38. The number of rotatable bonds is 9. The van der Waals surface area contributed by atoms with Crippen molar-refractivity contribution >= 4 is 29.2 Å². The summed E-state index contributed by atoms with van der Waals surface area (Å²) >= 11 is 5.62. The fourth-order valence-corrected chi connectivity index (χ4v) is 3.27. The Bertz CT molecular complexity index is 895. The van der Waals surface area contributed by atoms with E-state index in [1.807, 2.05) is 0 Å². The van der Waals surface area contributed by atoms with Crippen LogP contribution in [0.5, 0.6) is 0 Å². The SMILES string of the molecule is COCCOC(=O)C1=C(C)NC(C)=C(C(=O)OCCCl)C1c1cccc([N+](=O)[O-])c1. The van der Waals surface area contributed by atoms with Gasteiger partial charge in [0.15, 0.2) is 0 Å². The third kappa shape index (κ3) is 5.37. The largest absolute Gasteiger partial charge is 0.461 e. The number of dihydropyridines is 1. The number of allylic oxidation sites excluding steroid dienone is 2. The zero-order valence-electron chi connectivity index (χ0n) is 16.9. The Morgan fingerprint density at radius 2 is 1.70 bits per heavy atom. The molecule has 1 atom stereocenters. The third-order valence-electron chi connectivity index (χ3n) is 4.45. The first-order valence-corrected chi connectivity index (χ1v) is 9.67. The molecule has 1 N–H and O–H groups in total. The summed E-state index contributed by atoms with van der Waals surface area (Å²) in [5.74, 6) is -2.15. The summed E-state index contributed by atoms with van der Waals surface area (Å²) < 4.78 is 15.4. The topological polar surface area (TPSA) is 117 Å². The molecule has 1 aliphatic rings. The Kier molecular flexibility index (Phi) is 8.37. The molecule has 0 spiro atoms. The molecule has 10 heteroatoms. The molecule has 1 aliphatic heterocycles. The van der Waals surface area contributed by atoms with E-state index in [9.17, 15) is 19.7 Å². The van der Waals surface area contributed by atoms with E-state index in [2.05, 4.69) is 5.32 Å². The van der Waals surface area contributed by atoms with Crippen molar-refractivity contribution in [3.8, 4) is 0 Å². The molecule has 0 fully saturated rings. The van der Waals surface area contributed by atoms with E-state index in [4.69, 9.17) is 25.8 Å². The van der Waals surface area contributed by atoms with Crippen molar-refractivity contribution in [2.24, 2.45) is 0 Å². The first kappa shape index (κ1) is 23.4. The average Bonchev–Trinajstić information content (AvgIpc) is 2.71. The number of alkyl halides is 1. The molecule has 0 saturated heterocycles. The molecule has 1 aromatic rings. The second kappa shape index (κ2) is 10.7. The molecule has 0 radical (unpaired) electrons. The highest BCUT2D eigenvalue weighted by atomic mass is 35.5. The molecule has 0 saturated carbocycles. The van der Waals surface area contributed by atoms with E-state index in [1.54, 1.807) is 19.9 Å². The number of ether oxygens (including phenoxy) is 3. The van der Waals surface area contributed by atoms with Crippen LogP contribution in [0.1, 0.15) is 25.3 Å². The highest BCUT2D eigenvalue weighted by Crippen LogP contribution is 2.40. The molecule has 162 valence electrons. The Labute approximate surface area is 178 Å². The first-order valence-electron chi connectivity index (χ1n) is 9.13. The summed E-state index contributed by atoms with van der Waals surface area (Å²) in [5, 5.41) is 14.3. The minimum absolute atomic E-state index is 0.0164. The summed E-state index contributed by atoms with van der Waals surface area (Å²) in [6, 6.07) is 5.77. The summed E-state index contributed by atoms with van der Waals surface area (Å²) in [5.41, 5.74) is 1.49. The van der Waals surface area contributed by atoms with Crippen molar-refractivity contribution < 1.29 is 28.7 Å². The Balaban J connectivity index is 2.57. The van der Waals surface area contributed by atoms with Gasteiger partial charge in [-0.2, -0.15) is 0 Å². The van der Waals surface area contributed by atoms with Gasteiger partial charge in [-0.3, -0.25) is 10.1 Å². The number of hydrogen-bond acceptors (Lipinski definition) is 8. The summed E-state index contributed by atoms with van der Waals surface area (Å²) in [6.07, 6.45) is 0. The maximum absolute atomic E-state index is 12.9. The zero-order chi connectivity index (χ0) is 22.3. The van der Waals surface area contributed by atoms with Crippen LogP contribution in [0.4, 0.5) is 5.69 Å². The Morgan fingerprint density at radius 3 is 2.23 bits per heavy atom. The van der Waals surface area contributed by atoms with Crippen LogP contribution in [0.25, 0.3) is 0 Å². The monoisotopic (exact) mass is 438 g/mol. The Morgan fingerprint density at radius 1 is 1.10 bits per heavy atom. The normalized spacial score (nSPS) is 16.2. The van der Waals surface area contributed by atoms with Crippen molar-refractivity contribution in [2.75, 3.05) is 32.8 Å². The predicted octanol–water partition coefficient (Wildman–Crippen LogP) is 2.80. The van der Waals surface area contributed by atoms with Gasteiger partial charge in [-0.1, -0.05) is 12.1 Å². The smallest absolute Gasteiger partial charge is 0.336 e. The average molecular weight is 439 g/mol. The fourth-order valence-electron chi connectivity index (χ4n) is 3.19. The quantitative estimate of drug-likeness (QED) is 0.205. The summed E-state index contributed by atoms with van der Waals surface area (Å²) in [4.78, 5) is 36.4. The summed E-state index contributed by atoms with van der Waals surface area (Å²) in [7, 11) is 1.48. The number of halogens is 1. The number of nitro benzene ring substituents is 1. The van der Waals surface area contributed by atoms with E-state index in [0.29, 0.717) is 17.0 Å². The van der Waals surface area contributed by atoms with E-state index < -0.39 is 22.8 Å². The van der Waals surface area contributed by atoms with Gasteiger partial charge >= 0.3 is 11.9 Å². The van der Waals surface area contributed by atoms with E-state index in [-0.39, 0.29) is 42.5 Å². The van der Waals surface area contributed by atoms with Gasteiger partial charge in [0.2, 0.25) is 0 Å². The number of hydrogen-bond donors (Lipinski definition) is 1. The van der Waals surface area contributed by atoms with Crippen LogP contribution in [-0.4, -0.2) is 49.7 Å². The lowest BCUT2D eigenvalue weighted by molar-refractivity contribution is -0.384. The molecular formula is C20H23ClN2O7. The number of nitro groups is 1. The van der Waals surface area contributed by atoms with Crippen molar-refractivity contribution in [1.29, 1.82) is 0 Å². The van der Waals surface area contributed by atoms with Gasteiger partial charge in [-0.25, -0.2) is 9.59 Å².